The number of amidine groups is 2. The van der Waals surface area contributed by atoms with Gasteiger partial charge in [0.2, 0.25) is 0 Å². The molecule has 2 aromatic rings. The average Bonchev–Trinajstić information content (AvgIpc) is 2.75. The summed E-state index contributed by atoms with van der Waals surface area (Å²) in [6.07, 6.45) is 9.71. The van der Waals surface area contributed by atoms with E-state index in [1.807, 2.05) is 24.3 Å². The fraction of sp³-hybridized carbons (Fsp3) is 0.296. The Kier molecular flexibility index (Phi) is 8.11. The van der Waals surface area contributed by atoms with Gasteiger partial charge in [-0.3, -0.25) is 4.79 Å². The van der Waals surface area contributed by atoms with Crippen LogP contribution < -0.4 is 5.32 Å². The van der Waals surface area contributed by atoms with Gasteiger partial charge in [0.25, 0.3) is 0 Å². The number of ketones is 1. The third kappa shape index (κ3) is 7.49. The highest BCUT2D eigenvalue weighted by Crippen LogP contribution is 2.19. The first-order valence-electron chi connectivity index (χ1n) is 10.9. The molecule has 0 spiro atoms. The van der Waals surface area contributed by atoms with Crippen LogP contribution in [0.5, 0.6) is 0 Å². The van der Waals surface area contributed by atoms with E-state index in [1.165, 1.54) is 17.2 Å². The van der Waals surface area contributed by atoms with Crippen molar-refractivity contribution in [3.8, 4) is 0 Å². The molecule has 4 nitrogen and oxygen atoms in total. The lowest BCUT2D eigenvalue weighted by Crippen LogP contribution is -2.16. The van der Waals surface area contributed by atoms with Gasteiger partial charge in [0.15, 0.2) is 11.6 Å². The van der Waals surface area contributed by atoms with Crippen molar-refractivity contribution >= 4 is 28.8 Å². The van der Waals surface area contributed by atoms with E-state index < -0.39 is 0 Å². The molecule has 4 heteroatoms. The molecule has 2 aromatic carbocycles. The molecule has 0 aromatic heterocycles. The first kappa shape index (κ1) is 22.4. The van der Waals surface area contributed by atoms with Crippen LogP contribution >= 0.6 is 0 Å². The van der Waals surface area contributed by atoms with E-state index in [2.05, 4.69) is 62.2 Å². The number of aryl methyl sites for hydroxylation is 2. The van der Waals surface area contributed by atoms with Crippen molar-refractivity contribution in [1.82, 2.24) is 0 Å². The fourth-order valence-corrected chi connectivity index (χ4v) is 3.46. The molecular formula is C27H31N3O. The Balaban J connectivity index is 1.77. The average molecular weight is 414 g/mol. The number of aliphatic imine (C=N–C) groups is 2. The standard InChI is InChI=1S/C27H31N3O/c1-4-25(31)13-7-10-22-9-6-12-24(19-22)29-27-17-15-20(2)14-16-26(30-27)28-23-11-5-8-21(3)18-23/h4-6,8-9,11-12,14,16,18-20H,1,7,10,13,15,17H2,2-3H3,(H,28,29,30). The number of rotatable bonds is 7. The van der Waals surface area contributed by atoms with E-state index in [9.17, 15) is 4.79 Å². The summed E-state index contributed by atoms with van der Waals surface area (Å²) in [6, 6.07) is 16.5. The summed E-state index contributed by atoms with van der Waals surface area (Å²) in [4.78, 5) is 21.0. The molecule has 3 rings (SSSR count). The van der Waals surface area contributed by atoms with Crippen molar-refractivity contribution in [1.29, 1.82) is 0 Å². The Morgan fingerprint density at radius 2 is 2.10 bits per heavy atom. The number of hydrogen-bond acceptors (Lipinski definition) is 3. The zero-order valence-electron chi connectivity index (χ0n) is 18.5. The van der Waals surface area contributed by atoms with E-state index >= 15 is 0 Å². The third-order valence-electron chi connectivity index (χ3n) is 5.24. The third-order valence-corrected chi connectivity index (χ3v) is 5.24. The number of allylic oxidation sites excluding steroid dienone is 2. The highest BCUT2D eigenvalue weighted by atomic mass is 16.1. The number of nitrogens with zero attached hydrogens (tertiary/aromatic N) is 2. The van der Waals surface area contributed by atoms with Gasteiger partial charge in [-0.05, 0) is 79.6 Å². The van der Waals surface area contributed by atoms with Gasteiger partial charge in [-0.1, -0.05) is 43.8 Å². The molecule has 0 bridgehead atoms. The summed E-state index contributed by atoms with van der Waals surface area (Å²) < 4.78 is 0. The predicted octanol–water partition coefficient (Wildman–Crippen LogP) is 6.60. The van der Waals surface area contributed by atoms with Crippen LogP contribution in [0.3, 0.4) is 0 Å². The summed E-state index contributed by atoms with van der Waals surface area (Å²) in [6.45, 7) is 7.82. The van der Waals surface area contributed by atoms with Gasteiger partial charge in [0.05, 0.1) is 5.69 Å². The molecule has 0 saturated carbocycles. The molecule has 0 radical (unpaired) electrons. The number of carbonyl (C=O) groups is 1. The maximum Gasteiger partial charge on any atom is 0.155 e. The van der Waals surface area contributed by atoms with E-state index in [0.717, 1.165) is 42.9 Å². The molecule has 1 heterocycles. The van der Waals surface area contributed by atoms with Crippen LogP contribution in [0.15, 0.2) is 83.3 Å². The highest BCUT2D eigenvalue weighted by Gasteiger charge is 2.10. The Morgan fingerprint density at radius 1 is 1.26 bits per heavy atom. The minimum atomic E-state index is 0.0979. The number of benzene rings is 2. The number of anilines is 1. The molecule has 160 valence electrons. The molecule has 0 amide bonds. The second kappa shape index (κ2) is 11.2. The van der Waals surface area contributed by atoms with E-state index in [-0.39, 0.29) is 5.78 Å². The Bertz CT molecular complexity index is 1020. The van der Waals surface area contributed by atoms with Crippen molar-refractivity contribution in [2.24, 2.45) is 15.9 Å². The fourth-order valence-electron chi connectivity index (χ4n) is 3.46. The smallest absolute Gasteiger partial charge is 0.155 e. The summed E-state index contributed by atoms with van der Waals surface area (Å²) in [7, 11) is 0. The van der Waals surface area contributed by atoms with Crippen LogP contribution in [0.1, 0.15) is 43.7 Å². The van der Waals surface area contributed by atoms with E-state index in [1.54, 1.807) is 0 Å². The molecule has 1 N–H and O–H groups in total. The predicted molar refractivity (Wildman–Crippen MR) is 131 cm³/mol. The summed E-state index contributed by atoms with van der Waals surface area (Å²) in [5.41, 5.74) is 4.31. The molecule has 0 fully saturated rings. The number of nitrogens with one attached hydrogen (secondary N) is 1. The molecule has 1 aliphatic rings. The van der Waals surface area contributed by atoms with Crippen molar-refractivity contribution in [3.63, 3.8) is 0 Å². The maximum atomic E-state index is 11.4. The summed E-state index contributed by atoms with van der Waals surface area (Å²) in [5, 5.41) is 3.50. The summed E-state index contributed by atoms with van der Waals surface area (Å²) >= 11 is 0. The second-order valence-corrected chi connectivity index (χ2v) is 8.09. The molecule has 1 aliphatic heterocycles. The van der Waals surface area contributed by atoms with Crippen molar-refractivity contribution in [3.05, 3.63) is 84.5 Å². The molecule has 1 atom stereocenters. The minimum Gasteiger partial charge on any atom is -0.344 e. The van der Waals surface area contributed by atoms with Crippen LogP contribution in [-0.2, 0) is 11.2 Å². The number of carbonyl (C=O) groups excluding carboxylic acids is 1. The Labute approximate surface area is 185 Å². The lowest BCUT2D eigenvalue weighted by atomic mass is 10.0. The van der Waals surface area contributed by atoms with Crippen molar-refractivity contribution < 1.29 is 4.79 Å². The van der Waals surface area contributed by atoms with Gasteiger partial charge in [0, 0.05) is 18.5 Å². The van der Waals surface area contributed by atoms with Crippen molar-refractivity contribution in [2.45, 2.75) is 46.0 Å². The maximum absolute atomic E-state index is 11.4. The normalized spacial score (nSPS) is 17.5. The Morgan fingerprint density at radius 3 is 2.90 bits per heavy atom. The first-order valence-corrected chi connectivity index (χ1v) is 10.9. The lowest BCUT2D eigenvalue weighted by Gasteiger charge is -2.15. The van der Waals surface area contributed by atoms with Gasteiger partial charge in [-0.25, -0.2) is 9.98 Å². The number of hydrogen-bond donors (Lipinski definition) is 1. The Hall–Kier alpha value is -3.27. The largest absolute Gasteiger partial charge is 0.344 e. The summed E-state index contributed by atoms with van der Waals surface area (Å²) in [5.74, 6) is 2.19. The molecule has 1 unspecified atom stereocenters. The van der Waals surface area contributed by atoms with E-state index in [0.29, 0.717) is 18.2 Å². The van der Waals surface area contributed by atoms with Crippen LogP contribution in [0.4, 0.5) is 11.4 Å². The quantitative estimate of drug-likeness (QED) is 0.520. The lowest BCUT2D eigenvalue weighted by molar-refractivity contribution is -0.114. The van der Waals surface area contributed by atoms with Gasteiger partial charge >= 0.3 is 0 Å². The zero-order chi connectivity index (χ0) is 22.1. The molecule has 31 heavy (non-hydrogen) atoms. The SMILES string of the molecule is C=CC(=O)CCCc1cccc(NC2=NC(=Nc3cccc(C)c3)C=CC(C)CC2)c1. The van der Waals surface area contributed by atoms with Crippen LogP contribution in [-0.4, -0.2) is 17.5 Å². The first-order chi connectivity index (χ1) is 15.0. The van der Waals surface area contributed by atoms with Gasteiger partial charge in [-0.2, -0.15) is 0 Å². The topological polar surface area (TPSA) is 53.8 Å². The van der Waals surface area contributed by atoms with Crippen LogP contribution in [0, 0.1) is 12.8 Å². The van der Waals surface area contributed by atoms with E-state index in [4.69, 9.17) is 9.98 Å². The molecule has 0 saturated heterocycles. The van der Waals surface area contributed by atoms with Gasteiger partial charge in [-0.15, -0.1) is 0 Å². The molecular weight excluding hydrogens is 382 g/mol. The van der Waals surface area contributed by atoms with Crippen molar-refractivity contribution in [2.75, 3.05) is 5.32 Å². The monoisotopic (exact) mass is 413 g/mol. The van der Waals surface area contributed by atoms with Gasteiger partial charge < -0.3 is 5.32 Å². The van der Waals surface area contributed by atoms with Gasteiger partial charge in [0.1, 0.15) is 5.84 Å². The minimum absolute atomic E-state index is 0.0979. The van der Waals surface area contributed by atoms with Crippen LogP contribution in [0.2, 0.25) is 0 Å². The molecule has 0 aliphatic carbocycles. The highest BCUT2D eigenvalue weighted by molar-refractivity contribution is 6.08. The second-order valence-electron chi connectivity index (χ2n) is 8.09. The zero-order valence-corrected chi connectivity index (χ0v) is 18.5. The van der Waals surface area contributed by atoms with Crippen LogP contribution in [0.25, 0.3) is 0 Å².